The summed E-state index contributed by atoms with van der Waals surface area (Å²) in [4.78, 5) is 0. The lowest BCUT2D eigenvalue weighted by molar-refractivity contribution is 0.00578. The summed E-state index contributed by atoms with van der Waals surface area (Å²) in [6, 6.07) is 2.47. The molecule has 4 rings (SSSR count). The van der Waals surface area contributed by atoms with Gasteiger partial charge < -0.3 is 13.7 Å². The summed E-state index contributed by atoms with van der Waals surface area (Å²) in [5.74, 6) is 0. The van der Waals surface area contributed by atoms with Crippen molar-refractivity contribution in [2.45, 2.75) is 38.9 Å². The topological polar surface area (TPSA) is 31.6 Å². The van der Waals surface area contributed by atoms with Crippen molar-refractivity contribution < 1.29 is 19.2 Å². The number of para-hydroxylation sites is 1. The van der Waals surface area contributed by atoms with Gasteiger partial charge in [-0.2, -0.15) is 0 Å². The summed E-state index contributed by atoms with van der Waals surface area (Å²) in [5, 5.41) is 1.24. The maximum atomic E-state index is 8.22. The second-order valence-corrected chi connectivity index (χ2v) is 7.13. The van der Waals surface area contributed by atoms with Gasteiger partial charge in [0.1, 0.15) is 11.2 Å². The molecule has 1 aliphatic heterocycles. The van der Waals surface area contributed by atoms with Gasteiger partial charge in [-0.25, -0.2) is 0 Å². The minimum Gasteiger partial charge on any atom is -0.456 e. The first-order chi connectivity index (χ1) is 12.4. The molecule has 0 amide bonds. The number of furan rings is 1. The third kappa shape index (κ3) is 2.13. The molecule has 0 spiro atoms. The second kappa shape index (κ2) is 4.76. The highest BCUT2D eigenvalue weighted by Gasteiger charge is 2.52. The van der Waals surface area contributed by atoms with E-state index in [2.05, 4.69) is 0 Å². The largest absolute Gasteiger partial charge is 0.497 e. The van der Waals surface area contributed by atoms with Gasteiger partial charge in [0.05, 0.1) is 16.7 Å². The van der Waals surface area contributed by atoms with Crippen molar-refractivity contribution in [1.29, 1.82) is 0 Å². The van der Waals surface area contributed by atoms with Gasteiger partial charge in [-0.05, 0) is 45.8 Å². The number of hydrogen-bond acceptors (Lipinski definition) is 3. The number of hydrogen-bond donors (Lipinski definition) is 0. The Kier molecular flexibility index (Phi) is 2.30. The Morgan fingerprint density at radius 1 is 1.00 bits per heavy atom. The van der Waals surface area contributed by atoms with Crippen molar-refractivity contribution in [1.82, 2.24) is 0 Å². The van der Waals surface area contributed by atoms with Crippen LogP contribution in [0.4, 0.5) is 0 Å². The lowest BCUT2D eigenvalue weighted by Gasteiger charge is -2.32. The standard InChI is InChI=1S/C18H18BClO3/c1-17(2)18(3,4)23-19(22-17)16-12(20)9-10-14-15(16)11-7-5-6-8-13(11)21-14/h5-10H,1-4H3/i5D,6D,8D,10D. The molecular weight excluding hydrogens is 310 g/mol. The first-order valence-corrected chi connectivity index (χ1v) is 7.80. The quantitative estimate of drug-likeness (QED) is 0.613. The molecule has 118 valence electrons. The Hall–Kier alpha value is -1.49. The minimum atomic E-state index is -0.787. The first-order valence-electron chi connectivity index (χ1n) is 9.42. The van der Waals surface area contributed by atoms with E-state index < -0.39 is 18.3 Å². The molecule has 23 heavy (non-hydrogen) atoms. The Morgan fingerprint density at radius 2 is 1.70 bits per heavy atom. The van der Waals surface area contributed by atoms with E-state index in [0.717, 1.165) is 0 Å². The summed E-state index contributed by atoms with van der Waals surface area (Å²) in [6.45, 7) is 7.72. The van der Waals surface area contributed by atoms with Gasteiger partial charge in [0.25, 0.3) is 0 Å². The van der Waals surface area contributed by atoms with E-state index in [-0.39, 0.29) is 35.3 Å². The molecule has 1 aliphatic rings. The van der Waals surface area contributed by atoms with Gasteiger partial charge in [0, 0.05) is 21.3 Å². The zero-order chi connectivity index (χ0) is 19.9. The zero-order valence-corrected chi connectivity index (χ0v) is 14.1. The molecule has 2 aromatic carbocycles. The number of benzene rings is 2. The number of halogens is 1. The van der Waals surface area contributed by atoms with Crippen LogP contribution < -0.4 is 5.46 Å². The molecule has 0 atom stereocenters. The molecule has 0 bridgehead atoms. The second-order valence-electron chi connectivity index (χ2n) is 6.73. The van der Waals surface area contributed by atoms with E-state index in [4.69, 9.17) is 30.8 Å². The predicted molar refractivity (Wildman–Crippen MR) is 94.4 cm³/mol. The van der Waals surface area contributed by atoms with Crippen molar-refractivity contribution in [3.8, 4) is 0 Å². The van der Waals surface area contributed by atoms with Crippen LogP contribution in [0.5, 0.6) is 0 Å². The third-order valence-electron chi connectivity index (χ3n) is 4.76. The first kappa shape index (κ1) is 11.1. The summed E-state index contributed by atoms with van der Waals surface area (Å²) >= 11 is 6.49. The zero-order valence-electron chi connectivity index (χ0n) is 17.3. The summed E-state index contributed by atoms with van der Waals surface area (Å²) < 4.78 is 50.2. The fourth-order valence-electron chi connectivity index (χ4n) is 2.76. The highest BCUT2D eigenvalue weighted by molar-refractivity contribution is 6.69. The van der Waals surface area contributed by atoms with Crippen LogP contribution in [0.2, 0.25) is 5.02 Å². The van der Waals surface area contributed by atoms with Crippen LogP contribution in [-0.2, 0) is 9.31 Å². The van der Waals surface area contributed by atoms with E-state index in [1.54, 1.807) is 0 Å². The van der Waals surface area contributed by atoms with Gasteiger partial charge >= 0.3 is 7.12 Å². The average molecular weight is 333 g/mol. The van der Waals surface area contributed by atoms with Crippen molar-refractivity contribution in [3.63, 3.8) is 0 Å². The molecular formula is C18H18BClO3. The Balaban J connectivity index is 2.09. The van der Waals surface area contributed by atoms with Gasteiger partial charge in [0.2, 0.25) is 0 Å². The highest BCUT2D eigenvalue weighted by atomic mass is 35.5. The molecule has 1 saturated heterocycles. The Morgan fingerprint density at radius 3 is 2.39 bits per heavy atom. The molecule has 1 aromatic heterocycles. The molecule has 3 nitrogen and oxygen atoms in total. The summed E-state index contributed by atoms with van der Waals surface area (Å²) in [7, 11) is -0.787. The average Bonchev–Trinajstić information content (AvgIpc) is 3.01. The van der Waals surface area contributed by atoms with Crippen molar-refractivity contribution >= 4 is 46.1 Å². The Bertz CT molecular complexity index is 1090. The monoisotopic (exact) mass is 332 g/mol. The van der Waals surface area contributed by atoms with Crippen LogP contribution in [0.25, 0.3) is 21.9 Å². The molecule has 2 heterocycles. The van der Waals surface area contributed by atoms with Gasteiger partial charge in [-0.15, -0.1) is 0 Å². The molecule has 0 aliphatic carbocycles. The summed E-state index contributed by atoms with van der Waals surface area (Å²) in [6.07, 6.45) is 0. The SMILES string of the molecule is [2H]c1cc2c(oc3c([2H])cc(Cl)c(B4OC(C)(C)C(C)(C)O4)c32)c([2H])c1[2H]. The highest BCUT2D eigenvalue weighted by Crippen LogP contribution is 2.39. The predicted octanol–water partition coefficient (Wildman–Crippen LogP) is 4.54. The Labute approximate surface area is 146 Å². The molecule has 0 unspecified atom stereocenters. The fourth-order valence-corrected chi connectivity index (χ4v) is 3.00. The van der Waals surface area contributed by atoms with Gasteiger partial charge in [-0.1, -0.05) is 29.8 Å². The van der Waals surface area contributed by atoms with E-state index in [9.17, 15) is 0 Å². The summed E-state index contributed by atoms with van der Waals surface area (Å²) in [5.41, 5.74) is -0.266. The van der Waals surface area contributed by atoms with Crippen LogP contribution in [0.15, 0.2) is 40.7 Å². The smallest absolute Gasteiger partial charge is 0.456 e. The number of rotatable bonds is 1. The molecule has 0 saturated carbocycles. The maximum absolute atomic E-state index is 8.22. The van der Waals surface area contributed by atoms with E-state index in [0.29, 0.717) is 21.3 Å². The van der Waals surface area contributed by atoms with Crippen LogP contribution in [-0.4, -0.2) is 18.3 Å². The van der Waals surface area contributed by atoms with Crippen molar-refractivity contribution in [2.24, 2.45) is 0 Å². The molecule has 1 fully saturated rings. The van der Waals surface area contributed by atoms with E-state index in [1.807, 2.05) is 27.7 Å². The minimum absolute atomic E-state index is 0.0592. The van der Waals surface area contributed by atoms with Gasteiger partial charge in [-0.3, -0.25) is 0 Å². The molecule has 0 N–H and O–H groups in total. The third-order valence-corrected chi connectivity index (χ3v) is 5.07. The van der Waals surface area contributed by atoms with E-state index in [1.165, 1.54) is 12.1 Å². The molecule has 3 aromatic rings. The van der Waals surface area contributed by atoms with Crippen LogP contribution >= 0.6 is 11.6 Å². The lowest BCUT2D eigenvalue weighted by atomic mass is 9.76. The maximum Gasteiger partial charge on any atom is 0.497 e. The van der Waals surface area contributed by atoms with Crippen LogP contribution in [0.1, 0.15) is 33.2 Å². The molecule has 0 radical (unpaired) electrons. The lowest BCUT2D eigenvalue weighted by Crippen LogP contribution is -2.41. The van der Waals surface area contributed by atoms with Gasteiger partial charge in [0.15, 0.2) is 0 Å². The van der Waals surface area contributed by atoms with E-state index >= 15 is 0 Å². The molecule has 5 heteroatoms. The fraction of sp³-hybridized carbons (Fsp3) is 0.333. The van der Waals surface area contributed by atoms with Crippen molar-refractivity contribution in [2.75, 3.05) is 0 Å². The van der Waals surface area contributed by atoms with Crippen LogP contribution in [0, 0.1) is 0 Å². The number of fused-ring (bicyclic) bond motifs is 3. The normalized spacial score (nSPS) is 22.2. The van der Waals surface area contributed by atoms with Crippen LogP contribution in [0.3, 0.4) is 0 Å². The van der Waals surface area contributed by atoms with Crippen molar-refractivity contribution in [3.05, 3.63) is 41.3 Å².